The molecule has 6 nitrogen and oxygen atoms in total. The first kappa shape index (κ1) is 12.8. The van der Waals surface area contributed by atoms with Gasteiger partial charge in [-0.15, -0.1) is 0 Å². The molecule has 2 N–H and O–H groups in total. The van der Waals surface area contributed by atoms with Gasteiger partial charge in [-0.25, -0.2) is 17.9 Å². The molecule has 0 aliphatic heterocycles. The second-order valence-corrected chi connectivity index (χ2v) is 6.37. The lowest BCUT2D eigenvalue weighted by Crippen LogP contribution is -2.38. The van der Waals surface area contributed by atoms with Gasteiger partial charge in [-0.2, -0.15) is 8.42 Å². The van der Waals surface area contributed by atoms with Crippen LogP contribution in [-0.2, 0) is 20.0 Å². The molecule has 0 aromatic carbocycles. The van der Waals surface area contributed by atoms with Gasteiger partial charge >= 0.3 is 0 Å². The van der Waals surface area contributed by atoms with Crippen molar-refractivity contribution in [3.8, 4) is 0 Å². The Kier molecular flexibility index (Phi) is 4.82. The average Bonchev–Trinajstić information content (AvgIpc) is 1.82. The van der Waals surface area contributed by atoms with E-state index in [4.69, 9.17) is 0 Å². The summed E-state index contributed by atoms with van der Waals surface area (Å²) in [7, 11) is -6.63. The molecule has 0 amide bonds. The molecule has 0 fully saturated rings. The molecule has 0 aliphatic rings. The van der Waals surface area contributed by atoms with Crippen LogP contribution in [0.1, 0.15) is 6.92 Å². The molecular weight excluding hydrogens is 216 g/mol. The molecule has 0 rings (SSSR count). The lowest BCUT2D eigenvalue weighted by Gasteiger charge is -2.04. The van der Waals surface area contributed by atoms with Crippen LogP contribution < -0.4 is 9.44 Å². The molecule has 80 valence electrons. The first-order valence-corrected chi connectivity index (χ1v) is 7.23. The Labute approximate surface area is 78.8 Å². The van der Waals surface area contributed by atoms with Gasteiger partial charge in [-0.3, -0.25) is 0 Å². The maximum absolute atomic E-state index is 10.9. The topological polar surface area (TPSA) is 92.3 Å². The third-order valence-electron chi connectivity index (χ3n) is 1.10. The Morgan fingerprint density at radius 2 is 1.62 bits per heavy atom. The van der Waals surface area contributed by atoms with Crippen LogP contribution in [-0.4, -0.2) is 41.9 Å². The van der Waals surface area contributed by atoms with E-state index in [0.29, 0.717) is 0 Å². The standard InChI is InChI=1S/C5H14N2O4S2/c1-3-6-13(10,11)7-4-5-12(2,8)9/h6-7H,3-5H2,1-2H3. The van der Waals surface area contributed by atoms with Gasteiger partial charge in [0.2, 0.25) is 0 Å². The van der Waals surface area contributed by atoms with E-state index in [1.807, 2.05) is 0 Å². The van der Waals surface area contributed by atoms with E-state index >= 15 is 0 Å². The molecule has 0 spiro atoms. The molecular formula is C5H14N2O4S2. The van der Waals surface area contributed by atoms with Crippen molar-refractivity contribution in [2.75, 3.05) is 25.1 Å². The third kappa shape index (κ3) is 8.16. The van der Waals surface area contributed by atoms with Crippen LogP contribution in [0.3, 0.4) is 0 Å². The van der Waals surface area contributed by atoms with Crippen molar-refractivity contribution in [3.63, 3.8) is 0 Å². The maximum atomic E-state index is 10.9. The number of sulfone groups is 1. The number of hydrogen-bond donors (Lipinski definition) is 2. The van der Waals surface area contributed by atoms with E-state index in [2.05, 4.69) is 9.44 Å². The fourth-order valence-electron chi connectivity index (χ4n) is 0.602. The summed E-state index contributed by atoms with van der Waals surface area (Å²) >= 11 is 0. The Bertz CT molecular complexity index is 332. The van der Waals surface area contributed by atoms with Crippen molar-refractivity contribution in [2.45, 2.75) is 6.92 Å². The Hall–Kier alpha value is -0.180. The van der Waals surface area contributed by atoms with E-state index in [-0.39, 0.29) is 18.8 Å². The minimum Gasteiger partial charge on any atom is -0.229 e. The molecule has 0 saturated carbocycles. The zero-order chi connectivity index (χ0) is 10.5. The van der Waals surface area contributed by atoms with Gasteiger partial charge < -0.3 is 0 Å². The van der Waals surface area contributed by atoms with Crippen molar-refractivity contribution in [2.24, 2.45) is 0 Å². The summed E-state index contributed by atoms with van der Waals surface area (Å²) in [5.41, 5.74) is 0. The van der Waals surface area contributed by atoms with Crippen molar-refractivity contribution < 1.29 is 16.8 Å². The van der Waals surface area contributed by atoms with Gasteiger partial charge in [0.05, 0.1) is 5.75 Å². The van der Waals surface area contributed by atoms with Crippen molar-refractivity contribution in [1.29, 1.82) is 0 Å². The van der Waals surface area contributed by atoms with E-state index in [1.165, 1.54) is 0 Å². The molecule has 0 bridgehead atoms. The summed E-state index contributed by atoms with van der Waals surface area (Å²) in [6.45, 7) is 1.80. The van der Waals surface area contributed by atoms with Gasteiger partial charge in [0, 0.05) is 19.3 Å². The normalized spacial score (nSPS) is 13.1. The minimum atomic E-state index is -3.52. The lowest BCUT2D eigenvalue weighted by molar-refractivity contribution is 0.570. The molecule has 8 heteroatoms. The van der Waals surface area contributed by atoms with Crippen LogP contribution in [0.2, 0.25) is 0 Å². The smallest absolute Gasteiger partial charge is 0.229 e. The first-order valence-electron chi connectivity index (χ1n) is 3.69. The van der Waals surface area contributed by atoms with Gasteiger partial charge in [-0.05, 0) is 0 Å². The van der Waals surface area contributed by atoms with Gasteiger partial charge in [0.1, 0.15) is 9.84 Å². The third-order valence-corrected chi connectivity index (χ3v) is 3.30. The van der Waals surface area contributed by atoms with Gasteiger partial charge in [0.25, 0.3) is 10.2 Å². The lowest BCUT2D eigenvalue weighted by atomic mass is 10.8. The second-order valence-electron chi connectivity index (χ2n) is 2.53. The van der Waals surface area contributed by atoms with Crippen LogP contribution >= 0.6 is 0 Å². The SMILES string of the molecule is CCNS(=O)(=O)NCCS(C)(=O)=O. The van der Waals surface area contributed by atoms with Crippen LogP contribution in [0.15, 0.2) is 0 Å². The maximum Gasteiger partial charge on any atom is 0.276 e. The monoisotopic (exact) mass is 230 g/mol. The summed E-state index contributed by atoms with van der Waals surface area (Å²) < 4.78 is 47.3. The summed E-state index contributed by atoms with van der Waals surface area (Å²) in [4.78, 5) is 0. The molecule has 0 aliphatic carbocycles. The molecule has 0 saturated heterocycles. The van der Waals surface area contributed by atoms with E-state index < -0.39 is 20.0 Å². The fourth-order valence-corrected chi connectivity index (χ4v) is 2.06. The minimum absolute atomic E-state index is 0.103. The average molecular weight is 230 g/mol. The highest BCUT2D eigenvalue weighted by molar-refractivity contribution is 7.90. The number of rotatable bonds is 6. The molecule has 0 radical (unpaired) electrons. The quantitative estimate of drug-likeness (QED) is 0.579. The molecule has 0 atom stereocenters. The van der Waals surface area contributed by atoms with Crippen LogP contribution in [0, 0.1) is 0 Å². The zero-order valence-corrected chi connectivity index (χ0v) is 9.20. The number of hydrogen-bond acceptors (Lipinski definition) is 4. The molecule has 0 aromatic heterocycles. The highest BCUT2D eigenvalue weighted by atomic mass is 32.2. The largest absolute Gasteiger partial charge is 0.276 e. The Balaban J connectivity index is 3.91. The van der Waals surface area contributed by atoms with Gasteiger partial charge in [0.15, 0.2) is 0 Å². The van der Waals surface area contributed by atoms with Crippen molar-refractivity contribution in [3.05, 3.63) is 0 Å². The molecule has 0 aromatic rings. The number of nitrogens with one attached hydrogen (secondary N) is 2. The summed E-state index contributed by atoms with van der Waals surface area (Å²) in [5.74, 6) is -0.197. The Morgan fingerprint density at radius 3 is 2.00 bits per heavy atom. The fraction of sp³-hybridized carbons (Fsp3) is 1.00. The van der Waals surface area contributed by atoms with Crippen LogP contribution in [0.5, 0.6) is 0 Å². The molecule has 13 heavy (non-hydrogen) atoms. The summed E-state index contributed by atoms with van der Waals surface area (Å²) in [5, 5.41) is 0. The van der Waals surface area contributed by atoms with Crippen molar-refractivity contribution in [1.82, 2.24) is 9.44 Å². The second kappa shape index (κ2) is 4.89. The molecule has 0 heterocycles. The first-order chi connectivity index (χ1) is 5.77. The molecule has 0 unspecified atom stereocenters. The van der Waals surface area contributed by atoms with E-state index in [9.17, 15) is 16.8 Å². The summed E-state index contributed by atoms with van der Waals surface area (Å²) in [6, 6.07) is 0. The van der Waals surface area contributed by atoms with E-state index in [0.717, 1.165) is 6.26 Å². The van der Waals surface area contributed by atoms with E-state index in [1.54, 1.807) is 6.92 Å². The summed E-state index contributed by atoms with van der Waals surface area (Å²) in [6.07, 6.45) is 1.05. The highest BCUT2D eigenvalue weighted by Gasteiger charge is 2.08. The van der Waals surface area contributed by atoms with Crippen LogP contribution in [0.4, 0.5) is 0 Å². The van der Waals surface area contributed by atoms with Gasteiger partial charge in [-0.1, -0.05) is 6.92 Å². The van der Waals surface area contributed by atoms with Crippen molar-refractivity contribution >= 4 is 20.0 Å². The predicted octanol–water partition coefficient (Wildman–Crippen LogP) is -1.53. The highest BCUT2D eigenvalue weighted by Crippen LogP contribution is 1.81. The van der Waals surface area contributed by atoms with Crippen LogP contribution in [0.25, 0.3) is 0 Å². The predicted molar refractivity (Wildman–Crippen MR) is 50.3 cm³/mol. The Morgan fingerprint density at radius 1 is 1.08 bits per heavy atom. The zero-order valence-electron chi connectivity index (χ0n) is 7.57.